The Balaban J connectivity index is 1.74. The molecule has 1 amide bonds. The second kappa shape index (κ2) is 8.58. The summed E-state index contributed by atoms with van der Waals surface area (Å²) in [6, 6.07) is 17.2. The van der Waals surface area contributed by atoms with Crippen LogP contribution in [0.2, 0.25) is 0 Å². The van der Waals surface area contributed by atoms with E-state index in [4.69, 9.17) is 4.74 Å². The molecule has 1 aliphatic rings. The zero-order chi connectivity index (χ0) is 17.5. The number of hydrogen-bond acceptors (Lipinski definition) is 5. The molecule has 0 spiro atoms. The van der Waals surface area contributed by atoms with Crippen LogP contribution in [0.25, 0.3) is 0 Å². The number of thioether (sulfide) groups is 1. The fourth-order valence-electron chi connectivity index (χ4n) is 2.51. The Hall–Kier alpha value is -2.47. The molecule has 130 valence electrons. The van der Waals surface area contributed by atoms with Gasteiger partial charge in [0.2, 0.25) is 5.91 Å². The SMILES string of the molecule is CCOc1ccc(N(CC(=O)Nc2ccccc2)C2=NCCS2)cc1. The van der Waals surface area contributed by atoms with Crippen molar-refractivity contribution >= 4 is 34.2 Å². The van der Waals surface area contributed by atoms with E-state index >= 15 is 0 Å². The van der Waals surface area contributed by atoms with Crippen LogP contribution < -0.4 is 15.0 Å². The van der Waals surface area contributed by atoms with Crippen LogP contribution in [0, 0.1) is 0 Å². The molecule has 0 saturated carbocycles. The summed E-state index contributed by atoms with van der Waals surface area (Å²) in [6.45, 7) is 3.59. The lowest BCUT2D eigenvalue weighted by Crippen LogP contribution is -2.36. The number of aliphatic imine (C=N–C) groups is 1. The van der Waals surface area contributed by atoms with Crippen LogP contribution in [-0.2, 0) is 4.79 Å². The van der Waals surface area contributed by atoms with E-state index in [-0.39, 0.29) is 12.5 Å². The Kier molecular flexibility index (Phi) is 5.95. The van der Waals surface area contributed by atoms with E-state index in [0.717, 1.165) is 34.6 Å². The van der Waals surface area contributed by atoms with Crippen LogP contribution in [0.3, 0.4) is 0 Å². The maximum atomic E-state index is 12.5. The molecule has 1 heterocycles. The van der Waals surface area contributed by atoms with Gasteiger partial charge in [0.25, 0.3) is 0 Å². The first-order valence-corrected chi connectivity index (χ1v) is 9.27. The molecule has 0 bridgehead atoms. The van der Waals surface area contributed by atoms with Crippen molar-refractivity contribution < 1.29 is 9.53 Å². The number of amidine groups is 1. The summed E-state index contributed by atoms with van der Waals surface area (Å²) in [5.74, 6) is 1.69. The number of amides is 1. The summed E-state index contributed by atoms with van der Waals surface area (Å²) in [6.07, 6.45) is 0. The minimum atomic E-state index is -0.0738. The van der Waals surface area contributed by atoms with E-state index < -0.39 is 0 Å². The van der Waals surface area contributed by atoms with Gasteiger partial charge in [0.05, 0.1) is 13.2 Å². The first-order valence-electron chi connectivity index (χ1n) is 8.29. The lowest BCUT2D eigenvalue weighted by atomic mass is 10.2. The molecule has 0 aromatic heterocycles. The van der Waals surface area contributed by atoms with Gasteiger partial charge in [-0.2, -0.15) is 0 Å². The van der Waals surface area contributed by atoms with Crippen molar-refractivity contribution in [1.29, 1.82) is 0 Å². The number of nitrogens with zero attached hydrogens (tertiary/aromatic N) is 2. The van der Waals surface area contributed by atoms with Crippen LogP contribution >= 0.6 is 11.8 Å². The average molecular weight is 355 g/mol. The van der Waals surface area contributed by atoms with Crippen molar-refractivity contribution in [3.63, 3.8) is 0 Å². The molecule has 5 nitrogen and oxygen atoms in total. The lowest BCUT2D eigenvalue weighted by Gasteiger charge is -2.23. The number of carbonyl (C=O) groups excluding carboxylic acids is 1. The fourth-order valence-corrected chi connectivity index (χ4v) is 3.38. The minimum Gasteiger partial charge on any atom is -0.494 e. The second-order valence-corrected chi connectivity index (χ2v) is 6.50. The summed E-state index contributed by atoms with van der Waals surface area (Å²) >= 11 is 1.67. The van der Waals surface area contributed by atoms with Gasteiger partial charge in [-0.25, -0.2) is 0 Å². The van der Waals surface area contributed by atoms with Gasteiger partial charge in [0.15, 0.2) is 5.17 Å². The van der Waals surface area contributed by atoms with Gasteiger partial charge in [0.1, 0.15) is 12.3 Å². The molecule has 2 aromatic rings. The molecule has 1 aliphatic heterocycles. The smallest absolute Gasteiger partial charge is 0.244 e. The molecule has 1 N–H and O–H groups in total. The highest BCUT2D eigenvalue weighted by Gasteiger charge is 2.20. The summed E-state index contributed by atoms with van der Waals surface area (Å²) in [5, 5.41) is 3.81. The van der Waals surface area contributed by atoms with Crippen molar-refractivity contribution in [2.45, 2.75) is 6.92 Å². The quantitative estimate of drug-likeness (QED) is 0.860. The zero-order valence-corrected chi connectivity index (χ0v) is 15.0. The Bertz CT molecular complexity index is 732. The van der Waals surface area contributed by atoms with Crippen molar-refractivity contribution in [3.8, 4) is 5.75 Å². The topological polar surface area (TPSA) is 53.9 Å². The highest BCUT2D eigenvalue weighted by atomic mass is 32.2. The fraction of sp³-hybridized carbons (Fsp3) is 0.263. The van der Waals surface area contributed by atoms with Crippen LogP contribution in [0.5, 0.6) is 5.75 Å². The molecule has 0 radical (unpaired) electrons. The molecule has 0 saturated heterocycles. The summed E-state index contributed by atoms with van der Waals surface area (Å²) in [7, 11) is 0. The number of nitrogens with one attached hydrogen (secondary N) is 1. The van der Waals surface area contributed by atoms with E-state index in [1.54, 1.807) is 11.8 Å². The number of rotatable bonds is 6. The summed E-state index contributed by atoms with van der Waals surface area (Å²) in [5.41, 5.74) is 1.72. The molecule has 2 aromatic carbocycles. The summed E-state index contributed by atoms with van der Waals surface area (Å²) < 4.78 is 5.49. The van der Waals surface area contributed by atoms with Gasteiger partial charge >= 0.3 is 0 Å². The molecular formula is C19H21N3O2S. The first kappa shape index (κ1) is 17.4. The predicted octanol–water partition coefficient (Wildman–Crippen LogP) is 3.63. The van der Waals surface area contributed by atoms with Crippen molar-refractivity contribution in [2.24, 2.45) is 4.99 Å². The Labute approximate surface area is 152 Å². The van der Waals surface area contributed by atoms with Crippen molar-refractivity contribution in [1.82, 2.24) is 0 Å². The Morgan fingerprint density at radius 2 is 1.96 bits per heavy atom. The molecular weight excluding hydrogens is 334 g/mol. The Morgan fingerprint density at radius 1 is 1.20 bits per heavy atom. The largest absolute Gasteiger partial charge is 0.494 e. The van der Waals surface area contributed by atoms with Crippen LogP contribution in [0.15, 0.2) is 59.6 Å². The summed E-state index contributed by atoms with van der Waals surface area (Å²) in [4.78, 5) is 19.0. The van der Waals surface area contributed by atoms with Crippen molar-refractivity contribution in [3.05, 3.63) is 54.6 Å². The van der Waals surface area contributed by atoms with Gasteiger partial charge in [-0.15, -0.1) is 0 Å². The monoisotopic (exact) mass is 355 g/mol. The third-order valence-corrected chi connectivity index (χ3v) is 4.61. The normalized spacial score (nSPS) is 13.2. The second-order valence-electron chi connectivity index (χ2n) is 5.44. The van der Waals surface area contributed by atoms with Crippen molar-refractivity contribution in [2.75, 3.05) is 35.7 Å². The van der Waals surface area contributed by atoms with E-state index in [1.165, 1.54) is 0 Å². The predicted molar refractivity (Wildman–Crippen MR) is 105 cm³/mol. The minimum absolute atomic E-state index is 0.0738. The molecule has 6 heteroatoms. The highest BCUT2D eigenvalue weighted by molar-refractivity contribution is 8.14. The number of carbonyl (C=O) groups is 1. The number of anilines is 2. The maximum absolute atomic E-state index is 12.5. The van der Waals surface area contributed by atoms with E-state index in [1.807, 2.05) is 66.4 Å². The van der Waals surface area contributed by atoms with E-state index in [9.17, 15) is 4.79 Å². The average Bonchev–Trinajstić information content (AvgIpc) is 3.16. The lowest BCUT2D eigenvalue weighted by molar-refractivity contribution is -0.114. The molecule has 0 atom stereocenters. The zero-order valence-electron chi connectivity index (χ0n) is 14.1. The molecule has 0 aliphatic carbocycles. The number of benzene rings is 2. The third-order valence-electron chi connectivity index (χ3n) is 3.62. The molecule has 0 fully saturated rings. The molecule has 25 heavy (non-hydrogen) atoms. The standard InChI is InChI=1S/C19H21N3O2S/c1-2-24-17-10-8-16(9-11-17)22(19-20-12-13-25-19)14-18(23)21-15-6-4-3-5-7-15/h3-11H,2,12-14H2,1H3,(H,21,23). The van der Waals surface area contributed by atoms with Gasteiger partial charge in [-0.05, 0) is 43.3 Å². The molecule has 0 unspecified atom stereocenters. The number of para-hydroxylation sites is 1. The van der Waals surface area contributed by atoms with Gasteiger partial charge in [-0.3, -0.25) is 9.79 Å². The van der Waals surface area contributed by atoms with E-state index in [2.05, 4.69) is 10.3 Å². The molecule has 3 rings (SSSR count). The van der Waals surface area contributed by atoms with Crippen LogP contribution in [-0.4, -0.2) is 36.5 Å². The van der Waals surface area contributed by atoms with Crippen LogP contribution in [0.1, 0.15) is 6.92 Å². The van der Waals surface area contributed by atoms with Crippen LogP contribution in [0.4, 0.5) is 11.4 Å². The van der Waals surface area contributed by atoms with Gasteiger partial charge < -0.3 is 15.0 Å². The third kappa shape index (κ3) is 4.76. The Morgan fingerprint density at radius 3 is 2.60 bits per heavy atom. The first-order chi connectivity index (χ1) is 12.3. The van der Waals surface area contributed by atoms with Gasteiger partial charge in [-0.1, -0.05) is 30.0 Å². The highest BCUT2D eigenvalue weighted by Crippen LogP contribution is 2.25. The maximum Gasteiger partial charge on any atom is 0.244 e. The van der Waals surface area contributed by atoms with E-state index in [0.29, 0.717) is 6.61 Å². The number of ether oxygens (including phenoxy) is 1. The number of hydrogen-bond donors (Lipinski definition) is 1. The van der Waals surface area contributed by atoms with Gasteiger partial charge in [0, 0.05) is 17.1 Å².